The first-order valence-corrected chi connectivity index (χ1v) is 16.1. The SMILES string of the molecule is Cc1cccc2[nH]cc(Cc3ccc(OCCCN4CCCC5(CCN(C(=O)CNC(=O)NCC(C)C)CC5)C4)cc3)c12. The molecule has 2 fully saturated rings. The molecule has 0 saturated carbocycles. The van der Waals surface area contributed by atoms with E-state index in [9.17, 15) is 9.59 Å². The van der Waals surface area contributed by atoms with Gasteiger partial charge in [-0.05, 0) is 98.2 Å². The zero-order valence-corrected chi connectivity index (χ0v) is 26.2. The van der Waals surface area contributed by atoms with E-state index in [1.165, 1.54) is 40.4 Å². The molecule has 0 atom stereocenters. The highest BCUT2D eigenvalue weighted by molar-refractivity contribution is 5.86. The Morgan fingerprint density at radius 1 is 1.02 bits per heavy atom. The molecule has 0 unspecified atom stereocenters. The molecule has 43 heavy (non-hydrogen) atoms. The van der Waals surface area contributed by atoms with Crippen LogP contribution in [0.4, 0.5) is 4.79 Å². The van der Waals surface area contributed by atoms with E-state index < -0.39 is 0 Å². The molecular formula is C35H49N5O3. The summed E-state index contributed by atoms with van der Waals surface area (Å²) in [5, 5.41) is 6.84. The number of carbonyl (C=O) groups is 2. The van der Waals surface area contributed by atoms with Crippen molar-refractivity contribution < 1.29 is 14.3 Å². The van der Waals surface area contributed by atoms with E-state index in [0.29, 0.717) is 24.5 Å². The quantitative estimate of drug-likeness (QED) is 0.259. The molecule has 3 N–H and O–H groups in total. The van der Waals surface area contributed by atoms with Gasteiger partial charge in [-0.2, -0.15) is 0 Å². The summed E-state index contributed by atoms with van der Waals surface area (Å²) in [4.78, 5) is 32.5. The number of piperidine rings is 2. The molecule has 2 aromatic carbocycles. The Morgan fingerprint density at radius 3 is 2.58 bits per heavy atom. The van der Waals surface area contributed by atoms with Crippen LogP contribution in [0.1, 0.15) is 62.6 Å². The van der Waals surface area contributed by atoms with E-state index in [-0.39, 0.29) is 18.5 Å². The summed E-state index contributed by atoms with van der Waals surface area (Å²) in [6.07, 6.45) is 8.56. The summed E-state index contributed by atoms with van der Waals surface area (Å²) in [6.45, 7) is 12.5. The third-order valence-electron chi connectivity index (χ3n) is 9.19. The van der Waals surface area contributed by atoms with Crippen LogP contribution in [-0.4, -0.2) is 79.1 Å². The summed E-state index contributed by atoms with van der Waals surface area (Å²) >= 11 is 0. The number of hydrogen-bond donors (Lipinski definition) is 3. The van der Waals surface area contributed by atoms with Crippen molar-refractivity contribution >= 4 is 22.8 Å². The molecule has 0 bridgehead atoms. The van der Waals surface area contributed by atoms with Gasteiger partial charge in [0.15, 0.2) is 0 Å². The number of rotatable bonds is 11. The smallest absolute Gasteiger partial charge is 0.315 e. The van der Waals surface area contributed by atoms with E-state index in [2.05, 4.69) is 76.1 Å². The number of hydrogen-bond acceptors (Lipinski definition) is 4. The van der Waals surface area contributed by atoms with Gasteiger partial charge in [0.2, 0.25) is 5.91 Å². The van der Waals surface area contributed by atoms with Crippen molar-refractivity contribution in [3.05, 3.63) is 65.4 Å². The van der Waals surface area contributed by atoms with Gasteiger partial charge in [0.1, 0.15) is 5.75 Å². The second-order valence-corrected chi connectivity index (χ2v) is 13.1. The number of likely N-dealkylation sites (tertiary alicyclic amines) is 2. The molecule has 1 spiro atoms. The molecule has 2 saturated heterocycles. The Morgan fingerprint density at radius 2 is 1.81 bits per heavy atom. The molecule has 5 rings (SSSR count). The molecule has 3 heterocycles. The third-order valence-corrected chi connectivity index (χ3v) is 9.19. The number of amides is 3. The number of carbonyl (C=O) groups excluding carboxylic acids is 2. The Hall–Kier alpha value is -3.52. The number of aromatic nitrogens is 1. The number of nitrogens with zero attached hydrogens (tertiary/aromatic N) is 2. The predicted molar refractivity (Wildman–Crippen MR) is 173 cm³/mol. The number of benzene rings is 2. The van der Waals surface area contributed by atoms with Gasteiger partial charge in [0.25, 0.3) is 0 Å². The molecule has 2 aliphatic heterocycles. The first-order chi connectivity index (χ1) is 20.8. The van der Waals surface area contributed by atoms with Crippen molar-refractivity contribution in [1.82, 2.24) is 25.4 Å². The zero-order chi connectivity index (χ0) is 30.2. The lowest BCUT2D eigenvalue weighted by Gasteiger charge is -2.47. The average Bonchev–Trinajstić information content (AvgIpc) is 3.42. The highest BCUT2D eigenvalue weighted by Gasteiger charge is 2.39. The molecule has 1 aromatic heterocycles. The topological polar surface area (TPSA) is 89.7 Å². The van der Waals surface area contributed by atoms with Crippen LogP contribution in [0, 0.1) is 18.3 Å². The van der Waals surface area contributed by atoms with E-state index in [4.69, 9.17) is 4.74 Å². The molecule has 2 aliphatic rings. The van der Waals surface area contributed by atoms with E-state index in [1.54, 1.807) is 0 Å². The fraction of sp³-hybridized carbons (Fsp3) is 0.543. The van der Waals surface area contributed by atoms with Gasteiger partial charge >= 0.3 is 6.03 Å². The zero-order valence-electron chi connectivity index (χ0n) is 26.2. The van der Waals surface area contributed by atoms with Gasteiger partial charge in [-0.25, -0.2) is 4.79 Å². The van der Waals surface area contributed by atoms with Crippen LogP contribution in [0.3, 0.4) is 0 Å². The molecule has 8 heteroatoms. The molecule has 232 valence electrons. The number of fused-ring (bicyclic) bond motifs is 1. The maximum Gasteiger partial charge on any atom is 0.315 e. The fourth-order valence-corrected chi connectivity index (χ4v) is 6.76. The minimum atomic E-state index is -0.268. The lowest BCUT2D eigenvalue weighted by Crippen LogP contribution is -2.52. The maximum atomic E-state index is 12.7. The number of aromatic amines is 1. The van der Waals surface area contributed by atoms with Gasteiger partial charge in [-0.1, -0.05) is 38.1 Å². The van der Waals surface area contributed by atoms with Gasteiger partial charge in [0.05, 0.1) is 13.2 Å². The minimum absolute atomic E-state index is 0.0143. The normalized spacial score (nSPS) is 17.0. The number of ether oxygens (including phenoxy) is 1. The summed E-state index contributed by atoms with van der Waals surface area (Å²) in [5.74, 6) is 1.32. The molecule has 3 aromatic rings. The largest absolute Gasteiger partial charge is 0.494 e. The standard InChI is InChI=1S/C35H49N5O3/c1-26(2)22-37-34(42)38-24-32(41)40-18-14-35(15-19-40)13-5-16-39(25-35)17-6-20-43-30-11-9-28(10-12-30)21-29-23-36-31-8-4-7-27(3)33(29)31/h4,7-12,23,26,36H,5-6,13-22,24-25H2,1-3H3,(H2,37,38,42). The molecular weight excluding hydrogens is 538 g/mol. The predicted octanol–water partition coefficient (Wildman–Crippen LogP) is 5.50. The Balaban J connectivity index is 1.00. The average molecular weight is 588 g/mol. The number of urea groups is 1. The second-order valence-electron chi connectivity index (χ2n) is 13.1. The van der Waals surface area contributed by atoms with E-state index in [0.717, 1.165) is 64.2 Å². The van der Waals surface area contributed by atoms with Gasteiger partial charge in [-0.15, -0.1) is 0 Å². The van der Waals surface area contributed by atoms with Crippen LogP contribution in [0.5, 0.6) is 5.75 Å². The molecule has 0 aliphatic carbocycles. The summed E-state index contributed by atoms with van der Waals surface area (Å²) in [7, 11) is 0. The van der Waals surface area contributed by atoms with Crippen LogP contribution >= 0.6 is 0 Å². The summed E-state index contributed by atoms with van der Waals surface area (Å²) in [5.41, 5.74) is 5.42. The Labute approximate surface area is 256 Å². The number of aryl methyl sites for hydroxylation is 1. The fourth-order valence-electron chi connectivity index (χ4n) is 6.76. The second kappa shape index (κ2) is 14.3. The van der Waals surface area contributed by atoms with E-state index in [1.807, 2.05) is 18.7 Å². The minimum Gasteiger partial charge on any atom is -0.494 e. The monoisotopic (exact) mass is 587 g/mol. The van der Waals surface area contributed by atoms with Crippen molar-refractivity contribution in [2.75, 3.05) is 52.4 Å². The summed E-state index contributed by atoms with van der Waals surface area (Å²) < 4.78 is 6.11. The maximum absolute atomic E-state index is 12.7. The Kier molecular flexibility index (Phi) is 10.3. The van der Waals surface area contributed by atoms with Crippen LogP contribution < -0.4 is 15.4 Å². The van der Waals surface area contributed by atoms with Crippen molar-refractivity contribution in [3.63, 3.8) is 0 Å². The summed E-state index contributed by atoms with van der Waals surface area (Å²) in [6, 6.07) is 14.7. The van der Waals surface area contributed by atoms with Crippen LogP contribution in [0.2, 0.25) is 0 Å². The lowest BCUT2D eigenvalue weighted by atomic mass is 9.72. The van der Waals surface area contributed by atoms with Crippen molar-refractivity contribution in [2.45, 2.75) is 59.3 Å². The highest BCUT2D eigenvalue weighted by Crippen LogP contribution is 2.39. The molecule has 0 radical (unpaired) electrons. The van der Waals surface area contributed by atoms with Crippen molar-refractivity contribution in [1.29, 1.82) is 0 Å². The van der Waals surface area contributed by atoms with Crippen LogP contribution in [-0.2, 0) is 11.2 Å². The van der Waals surface area contributed by atoms with Crippen molar-refractivity contribution in [2.24, 2.45) is 11.3 Å². The van der Waals surface area contributed by atoms with Crippen LogP contribution in [0.25, 0.3) is 10.9 Å². The first kappa shape index (κ1) is 30.9. The number of H-pyrrole nitrogens is 1. The van der Waals surface area contributed by atoms with Crippen LogP contribution in [0.15, 0.2) is 48.7 Å². The molecule has 8 nitrogen and oxygen atoms in total. The van der Waals surface area contributed by atoms with Gasteiger partial charge in [0, 0.05) is 49.8 Å². The van der Waals surface area contributed by atoms with Crippen molar-refractivity contribution in [3.8, 4) is 5.75 Å². The first-order valence-electron chi connectivity index (χ1n) is 16.1. The Bertz CT molecular complexity index is 1360. The number of nitrogens with one attached hydrogen (secondary N) is 3. The van der Waals surface area contributed by atoms with E-state index >= 15 is 0 Å². The molecule has 3 amide bonds. The van der Waals surface area contributed by atoms with Gasteiger partial charge < -0.3 is 30.2 Å². The third kappa shape index (κ3) is 8.31. The van der Waals surface area contributed by atoms with Gasteiger partial charge in [-0.3, -0.25) is 4.79 Å². The highest BCUT2D eigenvalue weighted by atomic mass is 16.5. The lowest BCUT2D eigenvalue weighted by molar-refractivity contribution is -0.133.